The van der Waals surface area contributed by atoms with Gasteiger partial charge in [-0.15, -0.1) is 0 Å². The molecule has 0 amide bonds. The van der Waals surface area contributed by atoms with E-state index in [1.807, 2.05) is 0 Å². The first-order valence-electron chi connectivity index (χ1n) is 5.59. The van der Waals surface area contributed by atoms with Gasteiger partial charge >= 0.3 is 5.69 Å². The third-order valence-corrected chi connectivity index (χ3v) is 3.69. The molecule has 0 spiro atoms. The van der Waals surface area contributed by atoms with Crippen LogP contribution in [0.2, 0.25) is 15.1 Å². The summed E-state index contributed by atoms with van der Waals surface area (Å²) in [7, 11) is 0. The number of anilines is 3. The van der Waals surface area contributed by atoms with Crippen LogP contribution >= 0.6 is 34.8 Å². The van der Waals surface area contributed by atoms with E-state index in [1.165, 1.54) is 24.3 Å². The summed E-state index contributed by atoms with van der Waals surface area (Å²) in [5, 5.41) is 14.9. The normalized spacial score (nSPS) is 10.3. The molecule has 2 rings (SSSR count). The minimum absolute atomic E-state index is 0.168. The Morgan fingerprint density at radius 1 is 1.00 bits per heavy atom. The summed E-state index contributed by atoms with van der Waals surface area (Å²) >= 11 is 17.8. The Kier molecular flexibility index (Phi) is 4.74. The fraction of sp³-hybridized carbons (Fsp3) is 0. The Balaban J connectivity index is 2.49. The zero-order valence-corrected chi connectivity index (χ0v) is 12.6. The topological polar surface area (TPSA) is 93.2 Å². The van der Waals surface area contributed by atoms with Crippen LogP contribution in [0, 0.1) is 10.1 Å². The first kappa shape index (κ1) is 15.7. The quantitative estimate of drug-likeness (QED) is 0.326. The number of nitrogen functional groups attached to an aromatic ring is 1. The lowest BCUT2D eigenvalue weighted by molar-refractivity contribution is -0.383. The van der Waals surface area contributed by atoms with Gasteiger partial charge in [0.2, 0.25) is 0 Å². The van der Waals surface area contributed by atoms with Crippen LogP contribution < -0.4 is 16.6 Å². The summed E-state index contributed by atoms with van der Waals surface area (Å²) in [6.07, 6.45) is 0. The van der Waals surface area contributed by atoms with Crippen LogP contribution in [0.5, 0.6) is 0 Å². The molecule has 0 radical (unpaired) electrons. The lowest BCUT2D eigenvalue weighted by atomic mass is 10.2. The van der Waals surface area contributed by atoms with Crippen molar-refractivity contribution in [3.63, 3.8) is 0 Å². The molecule has 0 bridgehead atoms. The Bertz CT molecular complexity index is 709. The zero-order valence-electron chi connectivity index (χ0n) is 10.4. The number of hydrazine groups is 1. The van der Waals surface area contributed by atoms with Gasteiger partial charge in [0.1, 0.15) is 11.4 Å². The Labute approximate surface area is 134 Å². The van der Waals surface area contributed by atoms with E-state index in [1.54, 1.807) is 6.07 Å². The van der Waals surface area contributed by atoms with E-state index in [-0.39, 0.29) is 27.1 Å². The van der Waals surface area contributed by atoms with Crippen LogP contribution in [0.15, 0.2) is 30.3 Å². The predicted octanol–water partition coefficient (Wildman–Crippen LogP) is 4.58. The molecule has 0 aliphatic carbocycles. The Hall–Kier alpha value is -1.73. The minimum atomic E-state index is -0.553. The molecule has 0 aliphatic heterocycles. The van der Waals surface area contributed by atoms with Gasteiger partial charge in [0, 0.05) is 0 Å². The summed E-state index contributed by atoms with van der Waals surface area (Å²) in [4.78, 5) is 10.6. The van der Waals surface area contributed by atoms with Gasteiger partial charge in [0.25, 0.3) is 0 Å². The fourth-order valence-electron chi connectivity index (χ4n) is 1.72. The van der Waals surface area contributed by atoms with Crippen molar-refractivity contribution in [1.82, 2.24) is 0 Å². The Morgan fingerprint density at radius 3 is 2.24 bits per heavy atom. The van der Waals surface area contributed by atoms with E-state index in [2.05, 4.69) is 10.7 Å². The molecule has 0 aliphatic rings. The van der Waals surface area contributed by atoms with Crippen LogP contribution in [0.1, 0.15) is 0 Å². The van der Waals surface area contributed by atoms with Crippen molar-refractivity contribution < 1.29 is 4.92 Å². The number of halogens is 3. The molecule has 6 nitrogen and oxygen atoms in total. The molecule has 0 saturated heterocycles. The number of benzene rings is 2. The molecule has 2 aromatic carbocycles. The maximum Gasteiger partial charge on any atom is 0.316 e. The van der Waals surface area contributed by atoms with Gasteiger partial charge in [0.15, 0.2) is 0 Å². The number of nitrogens with one attached hydrogen (secondary N) is 2. The highest BCUT2D eigenvalue weighted by Gasteiger charge is 2.20. The molecular formula is C12H9Cl3N4O2. The fourth-order valence-corrected chi connectivity index (χ4v) is 2.32. The molecule has 0 aromatic heterocycles. The summed E-state index contributed by atoms with van der Waals surface area (Å²) in [5.74, 6) is 5.28. The second-order valence-corrected chi connectivity index (χ2v) is 5.20. The second kappa shape index (κ2) is 6.36. The van der Waals surface area contributed by atoms with E-state index in [0.29, 0.717) is 10.7 Å². The van der Waals surface area contributed by atoms with Gasteiger partial charge in [-0.3, -0.25) is 16.0 Å². The SMILES string of the molecule is NNc1cccc(Nc2cc(Cl)c(Cl)cc2Cl)c1[N+](=O)[O-]. The third-order valence-electron chi connectivity index (χ3n) is 2.65. The number of rotatable bonds is 4. The molecule has 110 valence electrons. The van der Waals surface area contributed by atoms with Crippen LogP contribution in [-0.4, -0.2) is 4.92 Å². The van der Waals surface area contributed by atoms with Crippen molar-refractivity contribution in [3.05, 3.63) is 55.5 Å². The molecule has 0 heterocycles. The number of nitro benzene ring substituents is 1. The highest BCUT2D eigenvalue weighted by molar-refractivity contribution is 6.44. The van der Waals surface area contributed by atoms with E-state index in [0.717, 1.165) is 0 Å². The number of para-hydroxylation sites is 1. The average molecular weight is 348 g/mol. The molecule has 2 aromatic rings. The number of nitrogens with zero attached hydrogens (tertiary/aromatic N) is 1. The van der Waals surface area contributed by atoms with Gasteiger partial charge < -0.3 is 10.7 Å². The van der Waals surface area contributed by atoms with Crippen LogP contribution in [0.3, 0.4) is 0 Å². The summed E-state index contributed by atoms with van der Waals surface area (Å²) in [5.41, 5.74) is 2.85. The van der Waals surface area contributed by atoms with Crippen LogP contribution in [0.25, 0.3) is 0 Å². The highest BCUT2D eigenvalue weighted by Crippen LogP contribution is 2.38. The summed E-state index contributed by atoms with van der Waals surface area (Å²) < 4.78 is 0. The van der Waals surface area contributed by atoms with Gasteiger partial charge in [-0.1, -0.05) is 40.9 Å². The van der Waals surface area contributed by atoms with Gasteiger partial charge in [-0.05, 0) is 24.3 Å². The lowest BCUT2D eigenvalue weighted by Crippen LogP contribution is -2.10. The van der Waals surface area contributed by atoms with Crippen LogP contribution in [0.4, 0.5) is 22.7 Å². The number of hydrogen-bond donors (Lipinski definition) is 3. The van der Waals surface area contributed by atoms with Crippen molar-refractivity contribution in [1.29, 1.82) is 0 Å². The standard InChI is InChI=1S/C12H9Cl3N4O2/c13-6-4-8(15)11(5-7(6)14)17-9-2-1-3-10(18-16)12(9)19(20)21/h1-5,17-18H,16H2. The smallest absolute Gasteiger partial charge is 0.316 e. The Morgan fingerprint density at radius 2 is 1.62 bits per heavy atom. The zero-order chi connectivity index (χ0) is 15.6. The maximum atomic E-state index is 11.2. The molecular weight excluding hydrogens is 339 g/mol. The van der Waals surface area contributed by atoms with Crippen molar-refractivity contribution >= 4 is 57.6 Å². The molecule has 0 fully saturated rings. The van der Waals surface area contributed by atoms with Crippen molar-refractivity contribution in [2.24, 2.45) is 5.84 Å². The summed E-state index contributed by atoms with van der Waals surface area (Å²) in [6.45, 7) is 0. The second-order valence-electron chi connectivity index (χ2n) is 3.97. The first-order valence-corrected chi connectivity index (χ1v) is 6.73. The first-order chi connectivity index (χ1) is 9.93. The molecule has 0 unspecified atom stereocenters. The summed E-state index contributed by atoms with van der Waals surface area (Å²) in [6, 6.07) is 7.55. The number of hydrogen-bond acceptors (Lipinski definition) is 5. The third kappa shape index (κ3) is 3.30. The van der Waals surface area contributed by atoms with Crippen molar-refractivity contribution in [3.8, 4) is 0 Å². The molecule has 0 atom stereocenters. The maximum absolute atomic E-state index is 11.2. The van der Waals surface area contributed by atoms with Gasteiger partial charge in [0.05, 0.1) is 25.7 Å². The van der Waals surface area contributed by atoms with E-state index < -0.39 is 4.92 Å². The van der Waals surface area contributed by atoms with Crippen LogP contribution in [-0.2, 0) is 0 Å². The molecule has 21 heavy (non-hydrogen) atoms. The number of nitro groups is 1. The van der Waals surface area contributed by atoms with E-state index in [4.69, 9.17) is 40.6 Å². The van der Waals surface area contributed by atoms with Gasteiger partial charge in [-0.2, -0.15) is 0 Å². The van der Waals surface area contributed by atoms with Crippen molar-refractivity contribution in [2.75, 3.05) is 10.7 Å². The van der Waals surface area contributed by atoms with E-state index in [9.17, 15) is 10.1 Å². The van der Waals surface area contributed by atoms with Crippen molar-refractivity contribution in [2.45, 2.75) is 0 Å². The monoisotopic (exact) mass is 346 g/mol. The largest absolute Gasteiger partial charge is 0.349 e. The average Bonchev–Trinajstić information content (AvgIpc) is 2.44. The lowest BCUT2D eigenvalue weighted by Gasteiger charge is -2.12. The number of nitrogens with two attached hydrogens (primary N) is 1. The van der Waals surface area contributed by atoms with Gasteiger partial charge in [-0.25, -0.2) is 0 Å². The molecule has 4 N–H and O–H groups in total. The highest BCUT2D eigenvalue weighted by atomic mass is 35.5. The van der Waals surface area contributed by atoms with E-state index >= 15 is 0 Å². The molecule has 0 saturated carbocycles. The predicted molar refractivity (Wildman–Crippen MR) is 85.7 cm³/mol. The minimum Gasteiger partial charge on any atom is -0.349 e. The molecule has 9 heteroatoms.